The minimum Gasteiger partial charge on any atom is -0.377 e. The van der Waals surface area contributed by atoms with Crippen LogP contribution in [-0.2, 0) is 10.9 Å². The number of pyridine rings is 1. The van der Waals surface area contributed by atoms with Crippen molar-refractivity contribution in [2.45, 2.75) is 25.1 Å². The summed E-state index contributed by atoms with van der Waals surface area (Å²) in [5.74, 6) is 0.406. The molecule has 0 N–H and O–H groups in total. The number of alkyl halides is 4. The largest absolute Gasteiger partial charge is 0.417 e. The van der Waals surface area contributed by atoms with Crippen LogP contribution in [0.4, 0.5) is 19.0 Å². The van der Waals surface area contributed by atoms with Crippen molar-refractivity contribution >= 4 is 33.3 Å². The Hall–Kier alpha value is -0.530. The number of rotatable bonds is 4. The van der Waals surface area contributed by atoms with Crippen LogP contribution >= 0.6 is 27.5 Å². The Balaban J connectivity index is 2.00. The van der Waals surface area contributed by atoms with Gasteiger partial charge in [0.25, 0.3) is 0 Å². The summed E-state index contributed by atoms with van der Waals surface area (Å²) in [6, 6.07) is 0.928. The van der Waals surface area contributed by atoms with Crippen molar-refractivity contribution in [3.05, 3.63) is 22.8 Å². The van der Waals surface area contributed by atoms with E-state index in [-0.39, 0.29) is 11.1 Å². The third-order valence-corrected chi connectivity index (χ3v) is 3.92. The first-order valence-electron chi connectivity index (χ1n) is 6.57. The first kappa shape index (κ1) is 16.8. The lowest BCUT2D eigenvalue weighted by atomic mass is 10.1. The molecule has 0 aliphatic carbocycles. The zero-order valence-electron chi connectivity index (χ0n) is 11.2. The minimum absolute atomic E-state index is 0.0321. The molecule has 0 spiro atoms. The highest BCUT2D eigenvalue weighted by atomic mass is 79.9. The molecular weight excluding hydrogens is 373 g/mol. The summed E-state index contributed by atoms with van der Waals surface area (Å²) >= 11 is 9.25. The smallest absolute Gasteiger partial charge is 0.377 e. The van der Waals surface area contributed by atoms with Crippen molar-refractivity contribution in [3.8, 4) is 0 Å². The molecule has 8 heteroatoms. The Kier molecular flexibility index (Phi) is 5.73. The molecule has 2 heterocycles. The van der Waals surface area contributed by atoms with Crippen molar-refractivity contribution in [2.24, 2.45) is 0 Å². The molecular formula is C13H15BrClF3N2O. The Morgan fingerprint density at radius 2 is 2.05 bits per heavy atom. The number of hydrogen-bond acceptors (Lipinski definition) is 3. The van der Waals surface area contributed by atoms with Gasteiger partial charge in [-0.3, -0.25) is 0 Å². The van der Waals surface area contributed by atoms with Crippen LogP contribution in [0.15, 0.2) is 12.3 Å². The minimum atomic E-state index is -4.42. The normalized spacial score (nSPS) is 17.3. The Labute approximate surface area is 134 Å². The zero-order chi connectivity index (χ0) is 15.5. The molecule has 0 aromatic carbocycles. The SMILES string of the molecule is FC(F)(F)c1cnc(N2CCC(OCCBr)CC2)c(Cl)c1. The summed E-state index contributed by atoms with van der Waals surface area (Å²) in [6.45, 7) is 2.00. The summed E-state index contributed by atoms with van der Waals surface area (Å²) in [4.78, 5) is 5.78. The average molecular weight is 388 g/mol. The summed E-state index contributed by atoms with van der Waals surface area (Å²) in [7, 11) is 0. The van der Waals surface area contributed by atoms with Crippen molar-refractivity contribution < 1.29 is 17.9 Å². The number of anilines is 1. The second kappa shape index (κ2) is 7.15. The number of hydrogen-bond donors (Lipinski definition) is 0. The second-order valence-electron chi connectivity index (χ2n) is 4.77. The molecule has 0 saturated carbocycles. The third-order valence-electron chi connectivity index (χ3n) is 3.32. The van der Waals surface area contributed by atoms with E-state index in [0.29, 0.717) is 25.5 Å². The van der Waals surface area contributed by atoms with Gasteiger partial charge < -0.3 is 9.64 Å². The van der Waals surface area contributed by atoms with Gasteiger partial charge in [-0.05, 0) is 18.9 Å². The highest BCUT2D eigenvalue weighted by Crippen LogP contribution is 2.34. The second-order valence-corrected chi connectivity index (χ2v) is 5.97. The Bertz CT molecular complexity index is 479. The van der Waals surface area contributed by atoms with Crippen molar-refractivity contribution in [1.82, 2.24) is 4.98 Å². The molecule has 1 saturated heterocycles. The van der Waals surface area contributed by atoms with E-state index in [4.69, 9.17) is 16.3 Å². The quantitative estimate of drug-likeness (QED) is 0.726. The Morgan fingerprint density at radius 3 is 2.57 bits per heavy atom. The number of aromatic nitrogens is 1. The number of piperidine rings is 1. The van der Waals surface area contributed by atoms with E-state index < -0.39 is 11.7 Å². The maximum atomic E-state index is 12.6. The van der Waals surface area contributed by atoms with Gasteiger partial charge in [-0.2, -0.15) is 13.2 Å². The van der Waals surface area contributed by atoms with Crippen LogP contribution in [0.3, 0.4) is 0 Å². The molecule has 0 unspecified atom stereocenters. The molecule has 0 atom stereocenters. The fourth-order valence-corrected chi connectivity index (χ4v) is 2.74. The summed E-state index contributed by atoms with van der Waals surface area (Å²) in [5, 5.41) is 0.823. The predicted molar refractivity (Wildman–Crippen MR) is 79.2 cm³/mol. The topological polar surface area (TPSA) is 25.4 Å². The lowest BCUT2D eigenvalue weighted by molar-refractivity contribution is -0.137. The lowest BCUT2D eigenvalue weighted by Crippen LogP contribution is -2.38. The molecule has 118 valence electrons. The van der Waals surface area contributed by atoms with E-state index in [9.17, 15) is 13.2 Å². The maximum absolute atomic E-state index is 12.6. The lowest BCUT2D eigenvalue weighted by Gasteiger charge is -2.33. The fraction of sp³-hybridized carbons (Fsp3) is 0.615. The van der Waals surface area contributed by atoms with E-state index in [2.05, 4.69) is 20.9 Å². The molecule has 1 fully saturated rings. The van der Waals surface area contributed by atoms with Crippen LogP contribution in [0.25, 0.3) is 0 Å². The molecule has 1 aliphatic rings. The predicted octanol–water partition coefficient (Wildman–Crippen LogP) is 4.13. The van der Waals surface area contributed by atoms with Crippen LogP contribution < -0.4 is 4.90 Å². The molecule has 1 aromatic heterocycles. The maximum Gasteiger partial charge on any atom is 0.417 e. The first-order chi connectivity index (χ1) is 9.91. The van der Waals surface area contributed by atoms with Crippen molar-refractivity contribution in [2.75, 3.05) is 29.9 Å². The molecule has 1 aromatic rings. The van der Waals surface area contributed by atoms with Gasteiger partial charge in [-0.25, -0.2) is 4.98 Å². The van der Waals surface area contributed by atoms with Crippen LogP contribution in [0.5, 0.6) is 0 Å². The van der Waals surface area contributed by atoms with E-state index in [1.165, 1.54) is 0 Å². The molecule has 1 aliphatic heterocycles. The van der Waals surface area contributed by atoms with E-state index >= 15 is 0 Å². The molecule has 2 rings (SSSR count). The fourth-order valence-electron chi connectivity index (χ4n) is 2.26. The van der Waals surface area contributed by atoms with Crippen LogP contribution in [0.1, 0.15) is 18.4 Å². The van der Waals surface area contributed by atoms with Gasteiger partial charge in [0.15, 0.2) is 0 Å². The highest BCUT2D eigenvalue weighted by molar-refractivity contribution is 9.09. The number of halogens is 5. The van der Waals surface area contributed by atoms with E-state index in [0.717, 1.165) is 30.4 Å². The van der Waals surface area contributed by atoms with Gasteiger partial charge in [0.2, 0.25) is 0 Å². The number of ether oxygens (including phenoxy) is 1. The first-order valence-corrected chi connectivity index (χ1v) is 8.07. The van der Waals surface area contributed by atoms with Gasteiger partial charge in [0, 0.05) is 24.6 Å². The average Bonchev–Trinajstić information content (AvgIpc) is 2.45. The van der Waals surface area contributed by atoms with Crippen molar-refractivity contribution in [1.29, 1.82) is 0 Å². The zero-order valence-corrected chi connectivity index (χ0v) is 13.5. The molecule has 0 amide bonds. The molecule has 0 radical (unpaired) electrons. The standard InChI is InChI=1S/C13H15BrClF3N2O/c14-3-6-21-10-1-4-20(5-2-10)12-11(15)7-9(8-19-12)13(16,17)18/h7-8,10H,1-6H2. The monoisotopic (exact) mass is 386 g/mol. The van der Waals surface area contributed by atoms with Crippen LogP contribution in [-0.4, -0.2) is 36.1 Å². The Morgan fingerprint density at radius 1 is 1.38 bits per heavy atom. The summed E-state index contributed by atoms with van der Waals surface area (Å²) < 4.78 is 43.4. The molecule has 0 bridgehead atoms. The van der Waals surface area contributed by atoms with Gasteiger partial charge in [0.1, 0.15) is 5.82 Å². The summed E-state index contributed by atoms with van der Waals surface area (Å²) in [6.07, 6.45) is -1.79. The highest BCUT2D eigenvalue weighted by Gasteiger charge is 2.32. The van der Waals surface area contributed by atoms with Gasteiger partial charge in [-0.15, -0.1) is 0 Å². The van der Waals surface area contributed by atoms with Crippen LogP contribution in [0.2, 0.25) is 5.02 Å². The third kappa shape index (κ3) is 4.47. The van der Waals surface area contributed by atoms with E-state index in [1.54, 1.807) is 0 Å². The molecule has 21 heavy (non-hydrogen) atoms. The molecule has 3 nitrogen and oxygen atoms in total. The van der Waals surface area contributed by atoms with Crippen molar-refractivity contribution in [3.63, 3.8) is 0 Å². The van der Waals surface area contributed by atoms with E-state index in [1.807, 2.05) is 4.90 Å². The van der Waals surface area contributed by atoms with Gasteiger partial charge >= 0.3 is 6.18 Å². The van der Waals surface area contributed by atoms with Crippen LogP contribution in [0, 0.1) is 0 Å². The van der Waals surface area contributed by atoms with Gasteiger partial charge in [0.05, 0.1) is 23.3 Å². The van der Waals surface area contributed by atoms with Gasteiger partial charge in [-0.1, -0.05) is 27.5 Å². The number of nitrogens with zero attached hydrogens (tertiary/aromatic N) is 2. The summed E-state index contributed by atoms with van der Waals surface area (Å²) in [5.41, 5.74) is -0.827.